The van der Waals surface area contributed by atoms with Crippen molar-refractivity contribution in [3.05, 3.63) is 60.8 Å². The van der Waals surface area contributed by atoms with Crippen molar-refractivity contribution in [1.29, 1.82) is 0 Å². The minimum atomic E-state index is -0.783. The van der Waals surface area contributed by atoms with Crippen LogP contribution in [0.3, 0.4) is 0 Å². The third-order valence-corrected chi connectivity index (χ3v) is 14.0. The van der Waals surface area contributed by atoms with Crippen LogP contribution in [0.5, 0.6) is 0 Å². The first-order valence-corrected chi connectivity index (χ1v) is 31.8. The largest absolute Gasteiger partial charge is 0.462 e. The average Bonchev–Trinajstić information content (AvgIpc) is 3.39. The third-order valence-electron chi connectivity index (χ3n) is 14.0. The second-order valence-corrected chi connectivity index (χ2v) is 21.3. The van der Waals surface area contributed by atoms with E-state index in [0.717, 1.165) is 83.5 Å². The van der Waals surface area contributed by atoms with Crippen LogP contribution in [-0.4, -0.2) is 37.2 Å². The number of ether oxygens (including phenoxy) is 3. The molecule has 0 bridgehead atoms. The lowest BCUT2D eigenvalue weighted by atomic mass is 10.0. The van der Waals surface area contributed by atoms with Gasteiger partial charge >= 0.3 is 17.9 Å². The topological polar surface area (TPSA) is 78.9 Å². The van der Waals surface area contributed by atoms with Crippen molar-refractivity contribution in [3.8, 4) is 0 Å². The standard InChI is InChI=1S/C67H120O6/c1-4-7-10-13-16-19-22-25-28-30-32-33-34-35-36-38-39-42-45-48-51-54-57-60-66(69)72-63-64(62-71-65(68)59-56-53-50-47-44-41-27-24-21-18-15-12-9-6-3)73-67(70)61-58-55-52-49-46-43-40-37-31-29-26-23-20-17-14-11-8-5-2/h20,22-25,27,29-32,64H,4-19,21,26,28,33-63H2,1-3H3/b23-20-,25-22-,27-24-,31-29-,32-30-. The zero-order chi connectivity index (χ0) is 52.9. The van der Waals surface area contributed by atoms with E-state index in [-0.39, 0.29) is 31.1 Å². The molecule has 0 fully saturated rings. The summed E-state index contributed by atoms with van der Waals surface area (Å²) >= 11 is 0. The Balaban J connectivity index is 4.34. The minimum absolute atomic E-state index is 0.0795. The molecule has 0 aliphatic heterocycles. The fraction of sp³-hybridized carbons (Fsp3) is 0.806. The maximum absolute atomic E-state index is 12.9. The van der Waals surface area contributed by atoms with Crippen LogP contribution in [0, 0.1) is 0 Å². The molecular weight excluding hydrogens is 901 g/mol. The van der Waals surface area contributed by atoms with Gasteiger partial charge < -0.3 is 14.2 Å². The lowest BCUT2D eigenvalue weighted by Gasteiger charge is -2.18. The van der Waals surface area contributed by atoms with E-state index in [0.29, 0.717) is 19.3 Å². The van der Waals surface area contributed by atoms with Crippen molar-refractivity contribution in [2.45, 2.75) is 335 Å². The molecule has 6 heteroatoms. The van der Waals surface area contributed by atoms with Gasteiger partial charge in [0.15, 0.2) is 6.10 Å². The summed E-state index contributed by atoms with van der Waals surface area (Å²) in [6, 6.07) is 0. The lowest BCUT2D eigenvalue weighted by molar-refractivity contribution is -0.167. The molecule has 0 aromatic rings. The number of esters is 3. The van der Waals surface area contributed by atoms with Gasteiger partial charge in [0, 0.05) is 19.3 Å². The van der Waals surface area contributed by atoms with Crippen molar-refractivity contribution >= 4 is 17.9 Å². The van der Waals surface area contributed by atoms with E-state index in [4.69, 9.17) is 14.2 Å². The van der Waals surface area contributed by atoms with Crippen LogP contribution in [0.1, 0.15) is 329 Å². The third kappa shape index (κ3) is 59.9. The highest BCUT2D eigenvalue weighted by atomic mass is 16.6. The van der Waals surface area contributed by atoms with Gasteiger partial charge in [-0.05, 0) is 109 Å². The van der Waals surface area contributed by atoms with E-state index in [9.17, 15) is 14.4 Å². The highest BCUT2D eigenvalue weighted by Gasteiger charge is 2.19. The second-order valence-electron chi connectivity index (χ2n) is 21.3. The van der Waals surface area contributed by atoms with E-state index in [2.05, 4.69) is 81.5 Å². The number of unbranched alkanes of at least 4 members (excludes halogenated alkanes) is 37. The molecule has 0 amide bonds. The van der Waals surface area contributed by atoms with E-state index in [1.807, 2.05) is 0 Å². The summed E-state index contributed by atoms with van der Waals surface area (Å²) in [6.45, 7) is 6.63. The molecule has 0 aromatic heterocycles. The molecule has 424 valence electrons. The second kappa shape index (κ2) is 61.7. The molecule has 0 aliphatic carbocycles. The van der Waals surface area contributed by atoms with Crippen LogP contribution in [0.4, 0.5) is 0 Å². The maximum atomic E-state index is 12.9. The molecule has 0 saturated carbocycles. The number of carbonyl (C=O) groups is 3. The van der Waals surface area contributed by atoms with Gasteiger partial charge in [0.2, 0.25) is 0 Å². The van der Waals surface area contributed by atoms with Gasteiger partial charge in [0.25, 0.3) is 0 Å². The van der Waals surface area contributed by atoms with Crippen LogP contribution in [0.2, 0.25) is 0 Å². The Morgan fingerprint density at radius 1 is 0.274 bits per heavy atom. The van der Waals surface area contributed by atoms with Crippen molar-refractivity contribution in [2.75, 3.05) is 13.2 Å². The van der Waals surface area contributed by atoms with Crippen molar-refractivity contribution in [1.82, 2.24) is 0 Å². The number of rotatable bonds is 58. The smallest absolute Gasteiger partial charge is 0.306 e. The van der Waals surface area contributed by atoms with Crippen LogP contribution in [-0.2, 0) is 28.6 Å². The van der Waals surface area contributed by atoms with Gasteiger partial charge in [0.1, 0.15) is 13.2 Å². The summed E-state index contributed by atoms with van der Waals surface area (Å²) in [5.74, 6) is -0.883. The molecule has 0 N–H and O–H groups in total. The van der Waals surface area contributed by atoms with Gasteiger partial charge in [0.05, 0.1) is 0 Å². The van der Waals surface area contributed by atoms with E-state index >= 15 is 0 Å². The van der Waals surface area contributed by atoms with Crippen LogP contribution >= 0.6 is 0 Å². The molecule has 0 saturated heterocycles. The Kier molecular flexibility index (Phi) is 59.2. The number of carbonyl (C=O) groups excluding carboxylic acids is 3. The van der Waals surface area contributed by atoms with Gasteiger partial charge in [-0.3, -0.25) is 14.4 Å². The van der Waals surface area contributed by atoms with E-state index < -0.39 is 6.10 Å². The summed E-state index contributed by atoms with van der Waals surface area (Å²) in [7, 11) is 0. The Labute approximate surface area is 453 Å². The minimum Gasteiger partial charge on any atom is -0.462 e. The number of hydrogen-bond acceptors (Lipinski definition) is 6. The molecule has 0 rings (SSSR count). The lowest BCUT2D eigenvalue weighted by Crippen LogP contribution is -2.30. The van der Waals surface area contributed by atoms with Crippen LogP contribution < -0.4 is 0 Å². The average molecular weight is 1020 g/mol. The van der Waals surface area contributed by atoms with Gasteiger partial charge in [-0.15, -0.1) is 0 Å². The fourth-order valence-electron chi connectivity index (χ4n) is 9.15. The van der Waals surface area contributed by atoms with Crippen LogP contribution in [0.25, 0.3) is 0 Å². The monoisotopic (exact) mass is 1020 g/mol. The summed E-state index contributed by atoms with van der Waals surface area (Å²) in [6.07, 6.45) is 77.9. The molecule has 73 heavy (non-hydrogen) atoms. The van der Waals surface area contributed by atoms with E-state index in [1.54, 1.807) is 0 Å². The number of allylic oxidation sites excluding steroid dienone is 10. The summed E-state index contributed by atoms with van der Waals surface area (Å²) in [5, 5.41) is 0. The SMILES string of the molecule is CCCCCC/C=C\C/C=C\CCCCCCCCCC(=O)OC(COC(=O)CCCCCCC/C=C\CCCCCCC)COC(=O)CCCCCCCCCCCCC/C=C\C/C=C\CCCCCCC. The summed E-state index contributed by atoms with van der Waals surface area (Å²) in [4.78, 5) is 38.3. The Bertz CT molecular complexity index is 1310. The zero-order valence-electron chi connectivity index (χ0n) is 48.7. The Morgan fingerprint density at radius 2 is 0.493 bits per heavy atom. The molecular formula is C67H120O6. The first-order valence-electron chi connectivity index (χ1n) is 31.8. The summed E-state index contributed by atoms with van der Waals surface area (Å²) in [5.41, 5.74) is 0. The molecule has 6 nitrogen and oxygen atoms in total. The highest BCUT2D eigenvalue weighted by molar-refractivity contribution is 5.71. The number of hydrogen-bond donors (Lipinski definition) is 0. The predicted molar refractivity (Wildman–Crippen MR) is 316 cm³/mol. The van der Waals surface area contributed by atoms with E-state index in [1.165, 1.54) is 205 Å². The van der Waals surface area contributed by atoms with Crippen LogP contribution in [0.15, 0.2) is 60.8 Å². The quantitative estimate of drug-likeness (QED) is 0.0261. The first kappa shape index (κ1) is 70.1. The van der Waals surface area contributed by atoms with Gasteiger partial charge in [-0.2, -0.15) is 0 Å². The highest BCUT2D eigenvalue weighted by Crippen LogP contribution is 2.16. The molecule has 0 aliphatic rings. The van der Waals surface area contributed by atoms with Crippen molar-refractivity contribution < 1.29 is 28.6 Å². The Hall–Kier alpha value is -2.89. The van der Waals surface area contributed by atoms with Crippen molar-refractivity contribution in [3.63, 3.8) is 0 Å². The normalized spacial score (nSPS) is 12.4. The molecule has 0 spiro atoms. The molecule has 0 heterocycles. The molecule has 0 aromatic carbocycles. The van der Waals surface area contributed by atoms with Crippen molar-refractivity contribution in [2.24, 2.45) is 0 Å². The van der Waals surface area contributed by atoms with Gasteiger partial charge in [-0.1, -0.05) is 261 Å². The molecule has 1 unspecified atom stereocenters. The van der Waals surface area contributed by atoms with Gasteiger partial charge in [-0.25, -0.2) is 0 Å². The Morgan fingerprint density at radius 3 is 0.781 bits per heavy atom. The molecule has 0 radical (unpaired) electrons. The maximum Gasteiger partial charge on any atom is 0.306 e. The fourth-order valence-corrected chi connectivity index (χ4v) is 9.15. The predicted octanol–water partition coefficient (Wildman–Crippen LogP) is 21.6. The molecule has 1 atom stereocenters. The first-order chi connectivity index (χ1) is 36.0. The summed E-state index contributed by atoms with van der Waals surface area (Å²) < 4.78 is 16.9. The zero-order valence-corrected chi connectivity index (χ0v) is 48.7.